The first-order chi connectivity index (χ1) is 8.61. The Bertz CT molecular complexity index is 447. The van der Waals surface area contributed by atoms with Crippen LogP contribution in [-0.2, 0) is 0 Å². The van der Waals surface area contributed by atoms with Gasteiger partial charge in [0.1, 0.15) is 5.82 Å². The maximum atomic E-state index is 13.1. The van der Waals surface area contributed by atoms with Gasteiger partial charge in [-0.3, -0.25) is 9.78 Å². The second kappa shape index (κ2) is 8.39. The average Bonchev–Trinajstić information content (AvgIpc) is 2.37. The van der Waals surface area contributed by atoms with Crippen LogP contribution in [0.25, 0.3) is 0 Å². The highest BCUT2D eigenvalue weighted by molar-refractivity contribution is 5.94. The van der Waals surface area contributed by atoms with Crippen molar-refractivity contribution in [3.63, 3.8) is 0 Å². The Kier molecular flexibility index (Phi) is 8.01. The van der Waals surface area contributed by atoms with Gasteiger partial charge >= 0.3 is 0 Å². The fraction of sp³-hybridized carbons (Fsp3) is 0.538. The minimum atomic E-state index is -0.490. The van der Waals surface area contributed by atoms with E-state index in [1.165, 1.54) is 12.3 Å². The zero-order chi connectivity index (χ0) is 13.1. The molecule has 0 aliphatic carbocycles. The van der Waals surface area contributed by atoms with Crippen LogP contribution in [-0.4, -0.2) is 34.9 Å². The fourth-order valence-electron chi connectivity index (χ4n) is 2.44. The topological polar surface area (TPSA) is 59.2 Å². The first-order valence-electron chi connectivity index (χ1n) is 6.23. The third-order valence-electron chi connectivity index (χ3n) is 3.46. The van der Waals surface area contributed by atoms with E-state index in [9.17, 15) is 9.18 Å². The lowest BCUT2D eigenvalue weighted by Crippen LogP contribution is -2.49. The van der Waals surface area contributed by atoms with Crippen molar-refractivity contribution in [1.82, 2.24) is 9.88 Å². The lowest BCUT2D eigenvalue weighted by molar-refractivity contribution is 0.0572. The first kappa shape index (κ1) is 19.1. The maximum absolute atomic E-state index is 13.1. The normalized spacial score (nSPS) is 21.6. The van der Waals surface area contributed by atoms with Gasteiger partial charge in [0.2, 0.25) is 0 Å². The minimum absolute atomic E-state index is 0. The highest BCUT2D eigenvalue weighted by atomic mass is 35.5. The molecule has 2 N–H and O–H groups in total. The number of amides is 1. The van der Waals surface area contributed by atoms with E-state index in [0.29, 0.717) is 24.6 Å². The summed E-state index contributed by atoms with van der Waals surface area (Å²) in [6, 6.07) is 1.27. The second-order valence-electron chi connectivity index (χ2n) is 4.91. The standard InChI is InChI=1S/C13H18FN3O.2ClH/c1-9-2-3-17(12(4-9)6-15)13(18)10-5-11(14)8-16-7-10;;/h5,7-9,12H,2-4,6,15H2,1H3;2*1H. The van der Waals surface area contributed by atoms with Crippen LogP contribution in [0.4, 0.5) is 4.39 Å². The molecule has 4 nitrogen and oxygen atoms in total. The van der Waals surface area contributed by atoms with Gasteiger partial charge in [0, 0.05) is 25.3 Å². The summed E-state index contributed by atoms with van der Waals surface area (Å²) in [4.78, 5) is 17.8. The van der Waals surface area contributed by atoms with Gasteiger partial charge in [-0.05, 0) is 24.8 Å². The van der Waals surface area contributed by atoms with Crippen molar-refractivity contribution in [3.05, 3.63) is 29.8 Å². The van der Waals surface area contributed by atoms with Crippen LogP contribution in [0.3, 0.4) is 0 Å². The molecule has 1 aliphatic heterocycles. The van der Waals surface area contributed by atoms with Crippen LogP contribution in [0.2, 0.25) is 0 Å². The number of nitrogens with two attached hydrogens (primary N) is 1. The number of nitrogens with zero attached hydrogens (tertiary/aromatic N) is 2. The zero-order valence-electron chi connectivity index (χ0n) is 11.3. The predicted octanol–water partition coefficient (Wildman–Crippen LogP) is 2.26. The summed E-state index contributed by atoms with van der Waals surface area (Å²) in [7, 11) is 0. The molecule has 114 valence electrons. The van der Waals surface area contributed by atoms with Crippen molar-refractivity contribution in [2.45, 2.75) is 25.8 Å². The molecule has 2 unspecified atom stereocenters. The van der Waals surface area contributed by atoms with Crippen molar-refractivity contribution in [1.29, 1.82) is 0 Å². The average molecular weight is 324 g/mol. The molecule has 0 saturated carbocycles. The van der Waals surface area contributed by atoms with E-state index in [1.54, 1.807) is 4.90 Å². The van der Waals surface area contributed by atoms with Gasteiger partial charge < -0.3 is 10.6 Å². The van der Waals surface area contributed by atoms with Crippen molar-refractivity contribution in [3.8, 4) is 0 Å². The van der Waals surface area contributed by atoms with E-state index in [4.69, 9.17) is 5.73 Å². The van der Waals surface area contributed by atoms with Crippen LogP contribution < -0.4 is 5.73 Å². The van der Waals surface area contributed by atoms with E-state index in [1.807, 2.05) is 0 Å². The molecule has 2 rings (SSSR count). The Morgan fingerprint density at radius 2 is 2.20 bits per heavy atom. The molecule has 1 aromatic rings. The number of rotatable bonds is 2. The number of pyridine rings is 1. The van der Waals surface area contributed by atoms with Crippen LogP contribution in [0, 0.1) is 11.7 Å². The molecule has 0 spiro atoms. The molecule has 20 heavy (non-hydrogen) atoms. The highest BCUT2D eigenvalue weighted by Gasteiger charge is 2.29. The van der Waals surface area contributed by atoms with Crippen LogP contribution >= 0.6 is 24.8 Å². The molecule has 2 atom stereocenters. The Hall–Kier alpha value is -0.910. The van der Waals surface area contributed by atoms with Gasteiger partial charge in [0.25, 0.3) is 5.91 Å². The third-order valence-corrected chi connectivity index (χ3v) is 3.46. The zero-order valence-corrected chi connectivity index (χ0v) is 12.9. The van der Waals surface area contributed by atoms with Crippen molar-refractivity contribution >= 4 is 30.7 Å². The summed E-state index contributed by atoms with van der Waals surface area (Å²) in [6.07, 6.45) is 4.36. The number of hydrogen-bond acceptors (Lipinski definition) is 3. The Labute approximate surface area is 130 Å². The van der Waals surface area contributed by atoms with Crippen molar-refractivity contribution in [2.24, 2.45) is 11.7 Å². The molecule has 0 radical (unpaired) electrons. The van der Waals surface area contributed by atoms with E-state index in [-0.39, 0.29) is 36.8 Å². The summed E-state index contributed by atoms with van der Waals surface area (Å²) in [6.45, 7) is 3.28. The molecule has 1 aliphatic rings. The van der Waals surface area contributed by atoms with Crippen LogP contribution in [0.1, 0.15) is 30.1 Å². The van der Waals surface area contributed by atoms with Crippen molar-refractivity contribution in [2.75, 3.05) is 13.1 Å². The smallest absolute Gasteiger partial charge is 0.255 e. The summed E-state index contributed by atoms with van der Waals surface area (Å²) in [5.74, 6) is -0.0897. The Morgan fingerprint density at radius 1 is 1.50 bits per heavy atom. The molecule has 1 aromatic heterocycles. The molecular weight excluding hydrogens is 304 g/mol. The Morgan fingerprint density at radius 3 is 2.80 bits per heavy atom. The first-order valence-corrected chi connectivity index (χ1v) is 6.23. The van der Waals surface area contributed by atoms with E-state index >= 15 is 0 Å². The summed E-state index contributed by atoms with van der Waals surface area (Å²) in [5, 5.41) is 0. The van der Waals surface area contributed by atoms with Crippen LogP contribution in [0.5, 0.6) is 0 Å². The lowest BCUT2D eigenvalue weighted by Gasteiger charge is -2.38. The quantitative estimate of drug-likeness (QED) is 0.908. The predicted molar refractivity (Wildman–Crippen MR) is 81.0 cm³/mol. The number of likely N-dealkylation sites (tertiary alicyclic amines) is 1. The molecular formula is C13H20Cl2FN3O. The Balaban J connectivity index is 0.00000180. The molecule has 1 fully saturated rings. The number of aromatic nitrogens is 1. The number of hydrogen-bond donors (Lipinski definition) is 1. The van der Waals surface area contributed by atoms with Gasteiger partial charge in [-0.15, -0.1) is 24.8 Å². The summed E-state index contributed by atoms with van der Waals surface area (Å²) >= 11 is 0. The monoisotopic (exact) mass is 323 g/mol. The van der Waals surface area contributed by atoms with Crippen molar-refractivity contribution < 1.29 is 9.18 Å². The summed E-state index contributed by atoms with van der Waals surface area (Å²) in [5.41, 5.74) is 6.01. The lowest BCUT2D eigenvalue weighted by atomic mass is 9.92. The molecule has 1 amide bonds. The number of carbonyl (C=O) groups is 1. The molecule has 2 heterocycles. The van der Waals surface area contributed by atoms with E-state index in [0.717, 1.165) is 19.0 Å². The van der Waals surface area contributed by atoms with Gasteiger partial charge in [0.05, 0.1) is 11.8 Å². The number of halogens is 3. The second-order valence-corrected chi connectivity index (χ2v) is 4.91. The largest absolute Gasteiger partial charge is 0.334 e. The maximum Gasteiger partial charge on any atom is 0.255 e. The SMILES string of the molecule is CC1CCN(C(=O)c2cncc(F)c2)C(CN)C1.Cl.Cl. The number of carbonyl (C=O) groups excluding carboxylic acids is 1. The summed E-state index contributed by atoms with van der Waals surface area (Å²) < 4.78 is 13.1. The van der Waals surface area contributed by atoms with Gasteiger partial charge in [-0.1, -0.05) is 6.92 Å². The van der Waals surface area contributed by atoms with Gasteiger partial charge in [-0.2, -0.15) is 0 Å². The fourth-order valence-corrected chi connectivity index (χ4v) is 2.44. The highest BCUT2D eigenvalue weighted by Crippen LogP contribution is 2.23. The molecule has 7 heteroatoms. The molecule has 1 saturated heterocycles. The van der Waals surface area contributed by atoms with E-state index in [2.05, 4.69) is 11.9 Å². The van der Waals surface area contributed by atoms with E-state index < -0.39 is 5.82 Å². The molecule has 0 bridgehead atoms. The third kappa shape index (κ3) is 4.30. The number of piperidine rings is 1. The van der Waals surface area contributed by atoms with Crippen LogP contribution in [0.15, 0.2) is 18.5 Å². The minimum Gasteiger partial charge on any atom is -0.334 e. The van der Waals surface area contributed by atoms with Gasteiger partial charge in [-0.25, -0.2) is 4.39 Å². The molecule has 0 aromatic carbocycles. The van der Waals surface area contributed by atoms with Gasteiger partial charge in [0.15, 0.2) is 0 Å².